The summed E-state index contributed by atoms with van der Waals surface area (Å²) in [6.45, 7) is 3.48. The van der Waals surface area contributed by atoms with Gasteiger partial charge in [-0.05, 0) is 25.0 Å². The number of ether oxygens (including phenoxy) is 1. The Balaban J connectivity index is 1.56. The Hall–Kier alpha value is -3.20. The molecular weight excluding hydrogens is 426 g/mol. The molecule has 0 aliphatic carbocycles. The molecule has 3 aromatic heterocycles. The standard InChI is InChI=1S/C23H25N5O3S/c1-14(29)27-8-6-17(7-9-27)28-21-16(13-26(2)23(28)30)12-25-22-18(21)10-19(32-22)15-4-5-20(31-3)24-11-15/h4-5,10-12,17H,6-9,13H2,1-3H3. The Morgan fingerprint density at radius 1 is 1.19 bits per heavy atom. The van der Waals surface area contributed by atoms with Crippen LogP contribution in [0.3, 0.4) is 0 Å². The summed E-state index contributed by atoms with van der Waals surface area (Å²) in [6.07, 6.45) is 5.22. The van der Waals surface area contributed by atoms with Crippen LogP contribution in [0, 0.1) is 0 Å². The molecule has 9 heteroatoms. The zero-order valence-corrected chi connectivity index (χ0v) is 19.2. The Morgan fingerprint density at radius 2 is 1.97 bits per heavy atom. The zero-order valence-electron chi connectivity index (χ0n) is 18.4. The summed E-state index contributed by atoms with van der Waals surface area (Å²) in [5.41, 5.74) is 3.00. The van der Waals surface area contributed by atoms with Crippen LogP contribution >= 0.6 is 11.3 Å². The highest BCUT2D eigenvalue weighted by Crippen LogP contribution is 2.42. The molecule has 1 fully saturated rings. The second-order valence-corrected chi connectivity index (χ2v) is 9.33. The van der Waals surface area contributed by atoms with Gasteiger partial charge in [0.15, 0.2) is 0 Å². The van der Waals surface area contributed by atoms with Crippen LogP contribution in [-0.2, 0) is 11.3 Å². The number of hydrogen-bond donors (Lipinski definition) is 0. The van der Waals surface area contributed by atoms with Crippen molar-refractivity contribution in [3.05, 3.63) is 36.2 Å². The normalized spacial score (nSPS) is 17.1. The van der Waals surface area contributed by atoms with E-state index in [-0.39, 0.29) is 18.0 Å². The minimum atomic E-state index is 0.00476. The molecule has 8 nitrogen and oxygen atoms in total. The van der Waals surface area contributed by atoms with Gasteiger partial charge in [-0.25, -0.2) is 14.8 Å². The van der Waals surface area contributed by atoms with Gasteiger partial charge in [0.05, 0.1) is 19.3 Å². The number of anilines is 1. The molecule has 0 saturated carbocycles. The molecule has 2 aliphatic heterocycles. The number of carbonyl (C=O) groups is 2. The van der Waals surface area contributed by atoms with Crippen LogP contribution in [0.4, 0.5) is 10.5 Å². The monoisotopic (exact) mass is 451 g/mol. The number of hydrogen-bond acceptors (Lipinski definition) is 6. The third kappa shape index (κ3) is 3.46. The zero-order chi connectivity index (χ0) is 22.4. The van der Waals surface area contributed by atoms with E-state index in [1.54, 1.807) is 36.5 Å². The van der Waals surface area contributed by atoms with Gasteiger partial charge in [-0.2, -0.15) is 0 Å². The molecule has 0 bridgehead atoms. The SMILES string of the molecule is COc1ccc(-c2cc3c4c(cnc3s2)CN(C)C(=O)N4C2CCN(C(C)=O)CC2)cn1. The van der Waals surface area contributed by atoms with E-state index in [2.05, 4.69) is 11.1 Å². The lowest BCUT2D eigenvalue weighted by Crippen LogP contribution is -2.54. The van der Waals surface area contributed by atoms with E-state index in [0.29, 0.717) is 25.5 Å². The quantitative estimate of drug-likeness (QED) is 0.606. The second-order valence-electron chi connectivity index (χ2n) is 8.30. The Labute approximate surface area is 190 Å². The number of fused-ring (bicyclic) bond motifs is 3. The second kappa shape index (κ2) is 8.05. The number of likely N-dealkylation sites (tertiary alicyclic amines) is 1. The first kappa shape index (κ1) is 20.7. The first-order valence-corrected chi connectivity index (χ1v) is 11.5. The Bertz CT molecular complexity index is 1180. The fraction of sp³-hybridized carbons (Fsp3) is 0.391. The molecular formula is C23H25N5O3S. The first-order valence-electron chi connectivity index (χ1n) is 10.7. The van der Waals surface area contributed by atoms with Crippen LogP contribution in [0.1, 0.15) is 25.3 Å². The van der Waals surface area contributed by atoms with E-state index in [1.807, 2.05) is 35.2 Å². The number of nitrogens with zero attached hydrogens (tertiary/aromatic N) is 5. The van der Waals surface area contributed by atoms with E-state index < -0.39 is 0 Å². The van der Waals surface area contributed by atoms with Gasteiger partial charge < -0.3 is 14.5 Å². The maximum Gasteiger partial charge on any atom is 0.324 e. The van der Waals surface area contributed by atoms with Crippen molar-refractivity contribution in [3.63, 3.8) is 0 Å². The van der Waals surface area contributed by atoms with E-state index in [0.717, 1.165) is 44.7 Å². The summed E-state index contributed by atoms with van der Waals surface area (Å²) in [7, 11) is 3.43. The van der Waals surface area contributed by atoms with Crippen molar-refractivity contribution < 1.29 is 14.3 Å². The molecule has 0 aromatic carbocycles. The van der Waals surface area contributed by atoms with E-state index in [9.17, 15) is 9.59 Å². The fourth-order valence-corrected chi connectivity index (χ4v) is 5.58. The number of amides is 3. The predicted octanol–water partition coefficient (Wildman–Crippen LogP) is 3.75. The van der Waals surface area contributed by atoms with Gasteiger partial charge in [0.25, 0.3) is 0 Å². The highest BCUT2D eigenvalue weighted by molar-refractivity contribution is 7.21. The van der Waals surface area contributed by atoms with E-state index in [4.69, 9.17) is 9.72 Å². The number of piperidine rings is 1. The van der Waals surface area contributed by atoms with Gasteiger partial charge in [0.2, 0.25) is 11.8 Å². The number of thiophene rings is 1. The average molecular weight is 452 g/mol. The Kier molecular flexibility index (Phi) is 5.21. The van der Waals surface area contributed by atoms with Gasteiger partial charge in [-0.3, -0.25) is 9.69 Å². The number of pyridine rings is 2. The smallest absolute Gasteiger partial charge is 0.324 e. The maximum absolute atomic E-state index is 13.3. The summed E-state index contributed by atoms with van der Waals surface area (Å²) in [5, 5.41) is 0.994. The summed E-state index contributed by atoms with van der Waals surface area (Å²) in [5.74, 6) is 0.662. The molecule has 2 aliphatic rings. The van der Waals surface area contributed by atoms with Gasteiger partial charge >= 0.3 is 6.03 Å². The molecule has 166 valence electrons. The van der Waals surface area contributed by atoms with Crippen LogP contribution in [-0.4, -0.2) is 65.0 Å². The molecule has 0 unspecified atom stereocenters. The number of aromatic nitrogens is 2. The number of methoxy groups -OCH3 is 1. The molecule has 0 atom stereocenters. The van der Waals surface area contributed by atoms with Crippen LogP contribution in [0.2, 0.25) is 0 Å². The van der Waals surface area contributed by atoms with Crippen molar-refractivity contribution in [2.24, 2.45) is 0 Å². The summed E-state index contributed by atoms with van der Waals surface area (Å²) in [6, 6.07) is 6.00. The third-order valence-corrected chi connectivity index (χ3v) is 7.39. The molecule has 5 heterocycles. The molecule has 5 rings (SSSR count). The van der Waals surface area contributed by atoms with Crippen molar-refractivity contribution in [1.29, 1.82) is 0 Å². The molecule has 3 amide bonds. The molecule has 0 spiro atoms. The van der Waals surface area contributed by atoms with Crippen LogP contribution < -0.4 is 9.64 Å². The van der Waals surface area contributed by atoms with E-state index >= 15 is 0 Å². The first-order chi connectivity index (χ1) is 15.5. The Morgan fingerprint density at radius 3 is 2.62 bits per heavy atom. The van der Waals surface area contributed by atoms with Gasteiger partial charge in [0, 0.05) is 73.0 Å². The predicted molar refractivity (Wildman–Crippen MR) is 124 cm³/mol. The van der Waals surface area contributed by atoms with Crippen molar-refractivity contribution in [3.8, 4) is 16.3 Å². The lowest BCUT2D eigenvalue weighted by atomic mass is 9.99. The molecule has 32 heavy (non-hydrogen) atoms. The highest BCUT2D eigenvalue weighted by atomic mass is 32.1. The number of rotatable bonds is 3. The van der Waals surface area contributed by atoms with Crippen molar-refractivity contribution >= 4 is 39.2 Å². The lowest BCUT2D eigenvalue weighted by Gasteiger charge is -2.43. The number of urea groups is 1. The fourth-order valence-electron chi connectivity index (χ4n) is 4.59. The average Bonchev–Trinajstić information content (AvgIpc) is 3.25. The largest absolute Gasteiger partial charge is 0.481 e. The third-order valence-electron chi connectivity index (χ3n) is 6.30. The molecule has 0 N–H and O–H groups in total. The van der Waals surface area contributed by atoms with Crippen molar-refractivity contribution in [1.82, 2.24) is 19.8 Å². The van der Waals surface area contributed by atoms with Crippen LogP contribution in [0.15, 0.2) is 30.6 Å². The maximum atomic E-state index is 13.3. The highest BCUT2D eigenvalue weighted by Gasteiger charge is 2.37. The van der Waals surface area contributed by atoms with Crippen LogP contribution in [0.5, 0.6) is 5.88 Å². The van der Waals surface area contributed by atoms with Gasteiger partial charge in [-0.15, -0.1) is 11.3 Å². The summed E-state index contributed by atoms with van der Waals surface area (Å²) < 4.78 is 5.17. The minimum Gasteiger partial charge on any atom is -0.481 e. The lowest BCUT2D eigenvalue weighted by molar-refractivity contribution is -0.129. The minimum absolute atomic E-state index is 0.00476. The molecule has 3 aromatic rings. The topological polar surface area (TPSA) is 78.9 Å². The van der Waals surface area contributed by atoms with Crippen molar-refractivity contribution in [2.45, 2.75) is 32.4 Å². The van der Waals surface area contributed by atoms with Crippen LogP contribution in [0.25, 0.3) is 20.7 Å². The summed E-state index contributed by atoms with van der Waals surface area (Å²) >= 11 is 1.60. The molecule has 0 radical (unpaired) electrons. The van der Waals surface area contributed by atoms with Crippen molar-refractivity contribution in [2.75, 3.05) is 32.1 Å². The summed E-state index contributed by atoms with van der Waals surface area (Å²) in [4.78, 5) is 41.6. The van der Waals surface area contributed by atoms with E-state index in [1.165, 1.54) is 0 Å². The number of carbonyl (C=O) groups excluding carboxylic acids is 2. The van der Waals surface area contributed by atoms with Gasteiger partial charge in [0.1, 0.15) is 4.83 Å². The molecule has 1 saturated heterocycles. The van der Waals surface area contributed by atoms with Gasteiger partial charge in [-0.1, -0.05) is 0 Å².